The van der Waals surface area contributed by atoms with Gasteiger partial charge in [0.2, 0.25) is 0 Å². The Morgan fingerprint density at radius 3 is 2.52 bits per heavy atom. The van der Waals surface area contributed by atoms with E-state index in [0.29, 0.717) is 0 Å². The Morgan fingerprint density at radius 1 is 1.12 bits per heavy atom. The number of benzene rings is 2. The Bertz CT molecular complexity index is 679. The molecule has 0 atom stereocenters. The van der Waals surface area contributed by atoms with E-state index in [-0.39, 0.29) is 0 Å². The number of halogens is 2. The third-order valence-electron chi connectivity index (χ3n) is 5.20. The van der Waals surface area contributed by atoms with E-state index in [2.05, 4.69) is 62.9 Å². The summed E-state index contributed by atoms with van der Waals surface area (Å²) < 4.78 is 1.26. The van der Waals surface area contributed by atoms with E-state index in [1.807, 2.05) is 12.1 Å². The van der Waals surface area contributed by atoms with Gasteiger partial charge in [-0.05, 0) is 80.9 Å². The fourth-order valence-electron chi connectivity index (χ4n) is 3.61. The fourth-order valence-corrected chi connectivity index (χ4v) is 4.14. The van der Waals surface area contributed by atoms with Crippen molar-refractivity contribution >= 4 is 33.4 Å². The number of likely N-dealkylation sites (tertiary alicyclic amines) is 1. The van der Waals surface area contributed by atoms with E-state index >= 15 is 0 Å². The highest BCUT2D eigenvalue weighted by atomic mass is 79.9. The molecule has 0 bridgehead atoms. The van der Waals surface area contributed by atoms with Gasteiger partial charge in [-0.2, -0.15) is 0 Å². The van der Waals surface area contributed by atoms with Crippen LogP contribution < -0.4 is 4.84 Å². The van der Waals surface area contributed by atoms with Gasteiger partial charge in [-0.3, -0.25) is 4.84 Å². The first-order valence-corrected chi connectivity index (χ1v) is 10.2. The van der Waals surface area contributed by atoms with E-state index in [1.165, 1.54) is 53.5 Å². The molecule has 4 heteroatoms. The van der Waals surface area contributed by atoms with Gasteiger partial charge in [0.1, 0.15) is 0 Å². The molecule has 1 aliphatic rings. The molecule has 1 aliphatic heterocycles. The third kappa shape index (κ3) is 5.47. The van der Waals surface area contributed by atoms with Crippen molar-refractivity contribution in [1.29, 1.82) is 0 Å². The van der Waals surface area contributed by atoms with Gasteiger partial charge in [0.05, 0.1) is 0 Å². The van der Waals surface area contributed by atoms with Gasteiger partial charge in [-0.1, -0.05) is 45.8 Å². The number of hydrogen-bond acceptors (Lipinski definition) is 2. The summed E-state index contributed by atoms with van der Waals surface area (Å²) in [7, 11) is 0. The first-order valence-electron chi connectivity index (χ1n) is 9.07. The molecule has 0 amide bonds. The zero-order valence-corrected chi connectivity index (χ0v) is 17.1. The lowest BCUT2D eigenvalue weighted by atomic mass is 9.89. The Morgan fingerprint density at radius 2 is 1.84 bits per heavy atom. The van der Waals surface area contributed by atoms with Gasteiger partial charge in [0.15, 0.2) is 0 Å². The van der Waals surface area contributed by atoms with Crippen LogP contribution in [0.2, 0.25) is 0 Å². The highest BCUT2D eigenvalue weighted by Crippen LogP contribution is 2.26. The SMILES string of the molecule is Cc1ccc(Br)c(CC2CCN(CCc3ccc(NCl)cc3)CC2)c1. The maximum absolute atomic E-state index is 5.61. The van der Waals surface area contributed by atoms with E-state index in [4.69, 9.17) is 11.8 Å². The molecular formula is C21H26BrClN2. The molecule has 2 nitrogen and oxygen atoms in total. The van der Waals surface area contributed by atoms with Crippen molar-refractivity contribution < 1.29 is 0 Å². The number of aryl methyl sites for hydroxylation is 1. The molecular weight excluding hydrogens is 396 g/mol. The smallest absolute Gasteiger partial charge is 0.0491 e. The van der Waals surface area contributed by atoms with Crippen LogP contribution >= 0.6 is 27.7 Å². The van der Waals surface area contributed by atoms with Gasteiger partial charge < -0.3 is 4.90 Å². The lowest BCUT2D eigenvalue weighted by Gasteiger charge is -2.32. The molecule has 0 aliphatic carbocycles. The van der Waals surface area contributed by atoms with Crippen LogP contribution in [0.5, 0.6) is 0 Å². The van der Waals surface area contributed by atoms with Crippen LogP contribution in [-0.2, 0) is 12.8 Å². The Hall–Kier alpha value is -1.03. The van der Waals surface area contributed by atoms with E-state index < -0.39 is 0 Å². The second-order valence-corrected chi connectivity index (χ2v) is 8.17. The van der Waals surface area contributed by atoms with Crippen molar-refractivity contribution in [3.05, 3.63) is 63.6 Å². The summed E-state index contributed by atoms with van der Waals surface area (Å²) >= 11 is 9.31. The fraction of sp³-hybridized carbons (Fsp3) is 0.429. The monoisotopic (exact) mass is 420 g/mol. The Balaban J connectivity index is 1.44. The summed E-state index contributed by atoms with van der Waals surface area (Å²) in [6.45, 7) is 5.76. The summed E-state index contributed by atoms with van der Waals surface area (Å²) in [5.41, 5.74) is 5.15. The summed E-state index contributed by atoms with van der Waals surface area (Å²) in [6.07, 6.45) is 4.91. The number of nitrogens with zero attached hydrogens (tertiary/aromatic N) is 1. The molecule has 2 aromatic carbocycles. The largest absolute Gasteiger partial charge is 0.303 e. The number of nitrogens with one attached hydrogen (secondary N) is 1. The van der Waals surface area contributed by atoms with Crippen molar-refractivity contribution in [2.24, 2.45) is 5.92 Å². The van der Waals surface area contributed by atoms with Gasteiger partial charge in [0, 0.05) is 28.5 Å². The molecule has 1 saturated heterocycles. The van der Waals surface area contributed by atoms with Crippen molar-refractivity contribution in [2.75, 3.05) is 24.5 Å². The van der Waals surface area contributed by atoms with Crippen molar-refractivity contribution in [2.45, 2.75) is 32.6 Å². The quantitative estimate of drug-likeness (QED) is 0.591. The van der Waals surface area contributed by atoms with Crippen LogP contribution in [-0.4, -0.2) is 24.5 Å². The summed E-state index contributed by atoms with van der Waals surface area (Å²) in [5.74, 6) is 0.809. The van der Waals surface area contributed by atoms with Crippen LogP contribution in [0, 0.1) is 12.8 Å². The van der Waals surface area contributed by atoms with Gasteiger partial charge in [-0.25, -0.2) is 0 Å². The minimum absolute atomic E-state index is 0.809. The first kappa shape index (κ1) is 18.8. The normalized spacial score (nSPS) is 16.1. The van der Waals surface area contributed by atoms with Crippen molar-refractivity contribution in [1.82, 2.24) is 4.90 Å². The molecule has 0 unspecified atom stereocenters. The number of rotatable bonds is 6. The lowest BCUT2D eigenvalue weighted by molar-refractivity contribution is 0.186. The van der Waals surface area contributed by atoms with Gasteiger partial charge in [0.25, 0.3) is 0 Å². The highest BCUT2D eigenvalue weighted by Gasteiger charge is 2.20. The number of anilines is 1. The second kappa shape index (κ2) is 9.07. The Kier molecular flexibility index (Phi) is 6.80. The van der Waals surface area contributed by atoms with Crippen LogP contribution in [0.1, 0.15) is 29.5 Å². The maximum atomic E-state index is 5.61. The molecule has 1 fully saturated rings. The molecule has 0 saturated carbocycles. The number of piperidine rings is 1. The average Bonchev–Trinajstić information content (AvgIpc) is 2.64. The molecule has 2 aromatic rings. The minimum Gasteiger partial charge on any atom is -0.303 e. The average molecular weight is 422 g/mol. The van der Waals surface area contributed by atoms with Crippen LogP contribution in [0.4, 0.5) is 5.69 Å². The number of hydrogen-bond donors (Lipinski definition) is 1. The second-order valence-electron chi connectivity index (χ2n) is 7.13. The zero-order chi connectivity index (χ0) is 17.6. The van der Waals surface area contributed by atoms with E-state index in [0.717, 1.165) is 24.6 Å². The van der Waals surface area contributed by atoms with Crippen molar-refractivity contribution in [3.63, 3.8) is 0 Å². The Labute approximate surface area is 164 Å². The molecule has 1 heterocycles. The summed E-state index contributed by atoms with van der Waals surface area (Å²) in [5, 5.41) is 0. The standard InChI is InChI=1S/C21H26BrClN2/c1-16-2-7-21(22)19(14-16)15-18-9-12-25(13-10-18)11-8-17-3-5-20(24-23)6-4-17/h2-7,14,18,24H,8-13,15H2,1H3. The van der Waals surface area contributed by atoms with Crippen LogP contribution in [0.25, 0.3) is 0 Å². The zero-order valence-electron chi connectivity index (χ0n) is 14.8. The lowest BCUT2D eigenvalue weighted by Crippen LogP contribution is -2.35. The highest BCUT2D eigenvalue weighted by molar-refractivity contribution is 9.10. The molecule has 25 heavy (non-hydrogen) atoms. The first-order chi connectivity index (χ1) is 12.1. The van der Waals surface area contributed by atoms with Crippen LogP contribution in [0.15, 0.2) is 46.9 Å². The molecule has 0 aromatic heterocycles. The predicted molar refractivity (Wildman–Crippen MR) is 111 cm³/mol. The summed E-state index contributed by atoms with van der Waals surface area (Å²) in [6, 6.07) is 15.1. The van der Waals surface area contributed by atoms with Gasteiger partial charge in [-0.15, -0.1) is 0 Å². The topological polar surface area (TPSA) is 15.3 Å². The molecule has 1 N–H and O–H groups in total. The molecule has 134 valence electrons. The van der Waals surface area contributed by atoms with E-state index in [1.54, 1.807) is 0 Å². The summed E-state index contributed by atoms with van der Waals surface area (Å²) in [4.78, 5) is 5.26. The molecule has 0 spiro atoms. The third-order valence-corrected chi connectivity index (χ3v) is 6.19. The van der Waals surface area contributed by atoms with Crippen LogP contribution in [0.3, 0.4) is 0 Å². The van der Waals surface area contributed by atoms with Crippen molar-refractivity contribution in [3.8, 4) is 0 Å². The molecule has 0 radical (unpaired) electrons. The maximum Gasteiger partial charge on any atom is 0.0491 e. The molecule has 3 rings (SSSR count). The van der Waals surface area contributed by atoms with Gasteiger partial charge >= 0.3 is 0 Å². The minimum atomic E-state index is 0.809. The van der Waals surface area contributed by atoms with E-state index in [9.17, 15) is 0 Å². The predicted octanol–water partition coefficient (Wildman–Crippen LogP) is 5.82.